The molecule has 49 heteroatoms. The summed E-state index contributed by atoms with van der Waals surface area (Å²) in [6.45, 7) is 10.9. The number of rotatable bonds is 37. The van der Waals surface area contributed by atoms with Gasteiger partial charge in [-0.3, -0.25) is 18.3 Å². The first kappa shape index (κ1) is 108. The number of aliphatic hydroxyl groups is 1. The van der Waals surface area contributed by atoms with Crippen LogP contribution in [0.25, 0.3) is 55.9 Å². The summed E-state index contributed by atoms with van der Waals surface area (Å²) in [6.07, 6.45) is 15.0. The molecule has 0 amide bonds. The van der Waals surface area contributed by atoms with Crippen LogP contribution in [0.4, 0.5) is 4.39 Å². The molecule has 1 saturated carbocycles. The van der Waals surface area contributed by atoms with Gasteiger partial charge >= 0.3 is 28.5 Å². The van der Waals surface area contributed by atoms with Gasteiger partial charge in [-0.15, -0.1) is 0 Å². The Morgan fingerprint density at radius 2 is 0.671 bits per heavy atom. The fourth-order valence-electron chi connectivity index (χ4n) is 16.0. The lowest BCUT2D eigenvalue weighted by Crippen LogP contribution is -2.28. The first-order valence-electron chi connectivity index (χ1n) is 44.2. The lowest BCUT2D eigenvalue weighted by molar-refractivity contribution is 0.281. The molecule has 0 bridgehead atoms. The van der Waals surface area contributed by atoms with Crippen molar-refractivity contribution < 1.29 is 103 Å². The van der Waals surface area contributed by atoms with Crippen LogP contribution in [0.3, 0.4) is 0 Å². The molecule has 1 aliphatic carbocycles. The summed E-state index contributed by atoms with van der Waals surface area (Å²) in [4.78, 5) is 95.4. The first-order chi connectivity index (χ1) is 67.8. The highest BCUT2D eigenvalue weighted by Gasteiger charge is 2.34. The Kier molecular flexibility index (Phi) is 35.1. The second-order valence-electron chi connectivity index (χ2n) is 33.0. The van der Waals surface area contributed by atoms with Crippen LogP contribution in [0.2, 0.25) is 5.02 Å². The lowest BCUT2D eigenvalue weighted by atomic mass is 10.1. The Morgan fingerprint density at radius 3 is 0.979 bits per heavy atom. The van der Waals surface area contributed by atoms with Gasteiger partial charge < -0.3 is 76.8 Å². The number of nitrogens with one attached hydrogen (secondary N) is 4. The molecule has 0 saturated heterocycles. The van der Waals surface area contributed by atoms with Crippen LogP contribution in [0.15, 0.2) is 185 Å². The number of aliphatic hydroxyl groups excluding tert-OH is 1. The molecule has 10 heterocycles. The van der Waals surface area contributed by atoms with Crippen LogP contribution in [0, 0.1) is 5.82 Å². The second kappa shape index (κ2) is 46.3. The zero-order chi connectivity index (χ0) is 104. The average Bonchev–Trinajstić information content (AvgIpc) is 1.63. The molecule has 41 nitrogen and oxygen atoms in total. The van der Waals surface area contributed by atoms with Crippen LogP contribution >= 0.6 is 27.5 Å². The summed E-state index contributed by atoms with van der Waals surface area (Å²) in [5.74, 6) is 2.54. The number of aromatic amines is 4. The number of fused-ring (bicyclic) bond motifs is 5. The lowest BCUT2D eigenvalue weighted by Gasteiger charge is -2.20. The molecule has 15 aromatic rings. The molecule has 1 aliphatic rings. The molecule has 0 aliphatic heterocycles. The third-order valence-corrected chi connectivity index (χ3v) is 27.4. The van der Waals surface area contributed by atoms with Crippen molar-refractivity contribution >= 4 is 133 Å². The summed E-state index contributed by atoms with van der Waals surface area (Å²) in [6, 6.07) is 29.0. The third kappa shape index (κ3) is 27.1. The van der Waals surface area contributed by atoms with Crippen molar-refractivity contribution in [3.8, 4) is 57.5 Å². The van der Waals surface area contributed by atoms with Gasteiger partial charge in [0.1, 0.15) is 55.0 Å². The van der Waals surface area contributed by atoms with E-state index in [2.05, 4.69) is 60.8 Å². The molecule has 766 valence electrons. The number of oxazole rings is 1. The molecule has 1 fully saturated rings. The fourth-order valence-corrected chi connectivity index (χ4v) is 21.0. The third-order valence-electron chi connectivity index (χ3n) is 22.1. The maximum Gasteiger partial charge on any atom is 0.421 e. The van der Waals surface area contributed by atoms with Crippen LogP contribution in [-0.2, 0) is 55.8 Å². The minimum Gasteiger partial charge on any atom is -0.493 e. The van der Waals surface area contributed by atoms with Crippen LogP contribution in [0.1, 0.15) is 123 Å². The van der Waals surface area contributed by atoms with E-state index in [1.807, 2.05) is 40.7 Å². The molecular formula is C94H107BrClFN14O27S5. The van der Waals surface area contributed by atoms with E-state index in [4.69, 9.17) is 63.4 Å². The van der Waals surface area contributed by atoms with E-state index in [0.717, 1.165) is 61.9 Å². The first-order valence-corrected chi connectivity index (χ1v) is 55.6. The maximum absolute atomic E-state index is 13.5. The van der Waals surface area contributed by atoms with Gasteiger partial charge in [0.2, 0.25) is 0 Å². The summed E-state index contributed by atoms with van der Waals surface area (Å²) in [5.41, 5.74) is 5.89. The number of H-pyrrole nitrogens is 4. The van der Waals surface area contributed by atoms with Gasteiger partial charge in [0, 0.05) is 72.7 Å². The van der Waals surface area contributed by atoms with E-state index in [1.54, 1.807) is 115 Å². The van der Waals surface area contributed by atoms with E-state index in [0.29, 0.717) is 173 Å². The number of ether oxygens (including phenoxy) is 10. The Morgan fingerprint density at radius 1 is 0.385 bits per heavy atom. The molecule has 0 radical (unpaired) electrons. The summed E-state index contributed by atoms with van der Waals surface area (Å²) in [5, 5.41) is 9.66. The Hall–Kier alpha value is -13.4. The number of aromatic nitrogens is 14. The number of hydrogen-bond donors (Lipinski definition) is 5. The number of imidazole rings is 4. The highest BCUT2D eigenvalue weighted by atomic mass is 79.9. The minimum absolute atomic E-state index is 0.161. The molecule has 143 heavy (non-hydrogen) atoms. The largest absolute Gasteiger partial charge is 0.493 e. The van der Waals surface area contributed by atoms with Crippen molar-refractivity contribution in [2.75, 3.05) is 129 Å². The standard InChI is InChI=1S/C21H25N3O5S.C19H23N3O6S.C18H19BrN2O6S.C18H20ClN3O5S.C18H20FN3O5S/c1-4-29-19-10-14(7-8-18(19)28-2)17(12-30(3,26)27)24-20-16(23-21(24)25)9-15(11-22-20)13-5-6-13;1-4-28-17-8-13(5-6-16(17)27-2)15(11-29(3,25)26)22-18-14(21-19(22)24)7-12(10-23)9-20-18;1-4-26-15-7-11(5-6-14(15)25-2)13(10-28(3,23)24)21-17-16(27-18(21)22)8-12(19)9-20-17;2*1-4-27-16-7-11(5-6-15(16)26-2)14(10-28(3,24)25)22-17-13(21-18(22)23)8-12(19)9-20-17/h7-11,13,17H,4-6,12H2,1-3H3,(H,23,25);5-9,15,23H,4,10-11H2,1-3H3,(H,21,24);5-9,13H,4,10H2,1-3H3;2*5-9,14H,4,10H2,1-3H3,(H,21,23)/t17-;15-;13-;2*14-/m00000/s1. The molecule has 10 aromatic heterocycles. The Bertz CT molecular complexity index is 7680. The number of sulfone groups is 5. The van der Waals surface area contributed by atoms with E-state index >= 15 is 0 Å². The van der Waals surface area contributed by atoms with Crippen molar-refractivity contribution in [3.05, 3.63) is 259 Å². The van der Waals surface area contributed by atoms with E-state index in [1.165, 1.54) is 77.0 Å². The highest BCUT2D eigenvalue weighted by Crippen LogP contribution is 2.43. The second-order valence-corrected chi connectivity index (χ2v) is 45.3. The number of benzene rings is 5. The summed E-state index contributed by atoms with van der Waals surface area (Å²) in [7, 11) is -9.63. The molecule has 5 aromatic carbocycles. The molecule has 16 rings (SSSR count). The van der Waals surface area contributed by atoms with Gasteiger partial charge in [-0.05, 0) is 187 Å². The van der Waals surface area contributed by atoms with Crippen molar-refractivity contribution in [3.63, 3.8) is 0 Å². The quantitative estimate of drug-likeness (QED) is 0.0241. The van der Waals surface area contributed by atoms with E-state index in [-0.39, 0.29) is 57.8 Å². The van der Waals surface area contributed by atoms with Crippen LogP contribution in [-0.4, -0.2) is 244 Å². The number of halogens is 3. The number of hydrogen-bond acceptors (Lipinski definition) is 32. The van der Waals surface area contributed by atoms with Crippen molar-refractivity contribution in [2.45, 2.75) is 90.2 Å². The molecular weight excluding hydrogens is 2050 g/mol. The minimum atomic E-state index is -3.48. The predicted molar refractivity (Wildman–Crippen MR) is 540 cm³/mol. The average molecular weight is 2160 g/mol. The Balaban J connectivity index is 0.000000160. The van der Waals surface area contributed by atoms with E-state index in [9.17, 15) is 75.6 Å². The van der Waals surface area contributed by atoms with Crippen LogP contribution < -0.4 is 75.9 Å². The zero-order valence-corrected chi connectivity index (χ0v) is 86.7. The van der Waals surface area contributed by atoms with Gasteiger partial charge in [0.05, 0.1) is 167 Å². The summed E-state index contributed by atoms with van der Waals surface area (Å²) >= 11 is 9.23. The van der Waals surface area contributed by atoms with Gasteiger partial charge in [-0.25, -0.2) is 99.9 Å². The normalized spacial score (nSPS) is 13.4. The zero-order valence-electron chi connectivity index (χ0n) is 80.3. The molecule has 5 N–H and O–H groups in total. The molecule has 0 unspecified atom stereocenters. The van der Waals surface area contributed by atoms with Gasteiger partial charge in [0.25, 0.3) is 0 Å². The molecule has 0 spiro atoms. The Labute approximate surface area is 833 Å². The maximum atomic E-state index is 13.5. The number of methoxy groups -OCH3 is 5. The SMILES string of the molecule is CCOc1cc([C@H](CS(C)(=O)=O)n2c(=O)[nH]c3cc(C4CC4)cnc32)ccc1OC.CCOc1cc([C@H](CS(C)(=O)=O)n2c(=O)[nH]c3cc(CO)cnc32)ccc1OC.CCOc1cc([C@H](CS(C)(=O)=O)n2c(=O)[nH]c3cc(Cl)cnc32)ccc1OC.CCOc1cc([C@H](CS(C)(=O)=O)n2c(=O)[nH]c3cc(F)cnc32)ccc1OC.CCOc1cc([C@H](CS(C)(=O)=O)n2c(=O)oc3cc(Br)cnc32)ccc1OC. The predicted octanol–water partition coefficient (Wildman–Crippen LogP) is 11.0. The van der Waals surface area contributed by atoms with Gasteiger partial charge in [-0.2, -0.15) is 0 Å². The number of nitrogens with zero attached hydrogens (tertiary/aromatic N) is 10. The smallest absolute Gasteiger partial charge is 0.421 e. The monoisotopic (exact) mass is 2160 g/mol. The fraction of sp³-hybridized carbons (Fsp3) is 0.362. The van der Waals surface area contributed by atoms with Crippen molar-refractivity contribution in [2.24, 2.45) is 0 Å². The number of pyridine rings is 5. The van der Waals surface area contributed by atoms with Gasteiger partial charge in [0.15, 0.2) is 91.3 Å². The van der Waals surface area contributed by atoms with E-state index < -0.39 is 114 Å². The topological polar surface area (TPSA) is 534 Å². The van der Waals surface area contributed by atoms with Crippen molar-refractivity contribution in [1.82, 2.24) is 67.7 Å². The van der Waals surface area contributed by atoms with Gasteiger partial charge in [-0.1, -0.05) is 41.9 Å². The van der Waals surface area contributed by atoms with Crippen molar-refractivity contribution in [1.29, 1.82) is 0 Å². The van der Waals surface area contributed by atoms with Crippen LogP contribution in [0.5, 0.6) is 57.5 Å². The summed E-state index contributed by atoms with van der Waals surface area (Å²) < 4.78 is 202. The molecule has 5 atom stereocenters. The highest BCUT2D eigenvalue weighted by molar-refractivity contribution is 9.10.